The van der Waals surface area contributed by atoms with Crippen molar-refractivity contribution >= 4 is 28.2 Å². The van der Waals surface area contributed by atoms with E-state index in [2.05, 4.69) is 60.8 Å². The van der Waals surface area contributed by atoms with Crippen molar-refractivity contribution in [3.8, 4) is 0 Å². The first-order valence-corrected chi connectivity index (χ1v) is 11.2. The van der Waals surface area contributed by atoms with Gasteiger partial charge in [-0.25, -0.2) is 0 Å². The lowest BCUT2D eigenvalue weighted by Crippen LogP contribution is -2.37. The van der Waals surface area contributed by atoms with E-state index in [1.165, 1.54) is 58.7 Å². The summed E-state index contributed by atoms with van der Waals surface area (Å²) in [5, 5.41) is 7.21. The van der Waals surface area contributed by atoms with Crippen molar-refractivity contribution in [3.05, 3.63) is 81.9 Å². The van der Waals surface area contributed by atoms with Gasteiger partial charge in [-0.05, 0) is 66.1 Å². The average molecular weight is 403 g/mol. The van der Waals surface area contributed by atoms with Crippen molar-refractivity contribution < 1.29 is 0 Å². The normalized spacial score (nSPS) is 21.0. The zero-order valence-electron chi connectivity index (χ0n) is 16.9. The lowest BCUT2D eigenvalue weighted by atomic mass is 9.92. The second-order valence-corrected chi connectivity index (χ2v) is 8.84. The largest absolute Gasteiger partial charge is 0.365 e. The number of nitrogens with zero attached hydrogens (tertiary/aromatic N) is 1. The topological polar surface area (TPSA) is 24.4 Å². The van der Waals surface area contributed by atoms with Gasteiger partial charge in [-0.15, -0.1) is 0 Å². The van der Waals surface area contributed by atoms with Crippen molar-refractivity contribution in [1.29, 1.82) is 0 Å². The molecule has 0 saturated heterocycles. The van der Waals surface area contributed by atoms with Crippen LogP contribution >= 0.6 is 11.6 Å². The maximum Gasteiger partial charge on any atom is 0.129 e. The van der Waals surface area contributed by atoms with Crippen LogP contribution in [0.2, 0.25) is 5.02 Å². The fraction of sp³-hybridized carbons (Fsp3) is 0.346. The summed E-state index contributed by atoms with van der Waals surface area (Å²) in [4.78, 5) is 5.05. The third-order valence-corrected chi connectivity index (χ3v) is 6.97. The van der Waals surface area contributed by atoms with Gasteiger partial charge in [0.25, 0.3) is 0 Å². The molecule has 2 atom stereocenters. The summed E-state index contributed by atoms with van der Waals surface area (Å²) in [6.07, 6.45) is 6.92. The minimum absolute atomic E-state index is 0.436. The molecule has 2 nitrogen and oxygen atoms in total. The molecule has 1 aliphatic heterocycles. The van der Waals surface area contributed by atoms with Crippen LogP contribution in [0.25, 0.3) is 10.8 Å². The molecule has 0 aromatic heterocycles. The molecule has 1 aliphatic carbocycles. The Bertz CT molecular complexity index is 1090. The monoisotopic (exact) mass is 402 g/mol. The van der Waals surface area contributed by atoms with Crippen LogP contribution < -0.4 is 5.32 Å². The summed E-state index contributed by atoms with van der Waals surface area (Å²) >= 11 is 6.70. The first-order valence-electron chi connectivity index (χ1n) is 10.8. The van der Waals surface area contributed by atoms with Crippen LogP contribution in [-0.4, -0.2) is 17.9 Å². The van der Waals surface area contributed by atoms with Crippen molar-refractivity contribution in [1.82, 2.24) is 5.32 Å². The molecule has 2 aliphatic rings. The first-order chi connectivity index (χ1) is 14.2. The van der Waals surface area contributed by atoms with E-state index in [-0.39, 0.29) is 0 Å². The first kappa shape index (κ1) is 18.7. The van der Waals surface area contributed by atoms with E-state index in [1.807, 2.05) is 6.07 Å². The van der Waals surface area contributed by atoms with E-state index in [0.29, 0.717) is 12.1 Å². The molecule has 0 amide bonds. The number of aryl methyl sites for hydroxylation is 2. The van der Waals surface area contributed by atoms with Crippen LogP contribution in [0.3, 0.4) is 0 Å². The molecular weight excluding hydrogens is 376 g/mol. The molecule has 1 fully saturated rings. The zero-order valence-corrected chi connectivity index (χ0v) is 17.7. The Balaban J connectivity index is 1.47. The maximum atomic E-state index is 6.70. The summed E-state index contributed by atoms with van der Waals surface area (Å²) < 4.78 is 0. The average Bonchev–Trinajstić information content (AvgIpc) is 3.18. The minimum atomic E-state index is 0.436. The highest BCUT2D eigenvalue weighted by molar-refractivity contribution is 6.32. The number of hydrogen-bond donors (Lipinski definition) is 1. The minimum Gasteiger partial charge on any atom is -0.365 e. The lowest BCUT2D eigenvalue weighted by Gasteiger charge is -2.23. The van der Waals surface area contributed by atoms with E-state index < -0.39 is 0 Å². The summed E-state index contributed by atoms with van der Waals surface area (Å²) in [6, 6.07) is 20.3. The summed E-state index contributed by atoms with van der Waals surface area (Å²) in [5.74, 6) is 1.05. The molecule has 1 N–H and O–H groups in total. The van der Waals surface area contributed by atoms with Crippen molar-refractivity contribution in [2.45, 2.75) is 57.5 Å². The SMILES string of the molecule is Cc1ccc2ccccc2c1CCc1c(Cl)cccc1C1=N[C@@H]2CCCC[C@H]2N1. The highest BCUT2D eigenvalue weighted by Gasteiger charge is 2.32. The van der Waals surface area contributed by atoms with Crippen LogP contribution in [0.5, 0.6) is 0 Å². The smallest absolute Gasteiger partial charge is 0.129 e. The predicted molar refractivity (Wildman–Crippen MR) is 123 cm³/mol. The van der Waals surface area contributed by atoms with Crippen LogP contribution in [-0.2, 0) is 12.8 Å². The fourth-order valence-corrected chi connectivity index (χ4v) is 5.29. The third kappa shape index (κ3) is 3.55. The molecule has 0 spiro atoms. The molecule has 3 aromatic rings. The Morgan fingerprint density at radius 2 is 1.76 bits per heavy atom. The number of hydrogen-bond acceptors (Lipinski definition) is 2. The quantitative estimate of drug-likeness (QED) is 0.548. The van der Waals surface area contributed by atoms with E-state index in [0.717, 1.165) is 23.7 Å². The van der Waals surface area contributed by atoms with Crippen molar-refractivity contribution in [2.75, 3.05) is 0 Å². The number of benzene rings is 3. The van der Waals surface area contributed by atoms with Gasteiger partial charge >= 0.3 is 0 Å². The predicted octanol–water partition coefficient (Wildman–Crippen LogP) is 6.25. The van der Waals surface area contributed by atoms with Crippen LogP contribution in [0.1, 0.15) is 47.9 Å². The summed E-state index contributed by atoms with van der Waals surface area (Å²) in [6.45, 7) is 2.21. The highest BCUT2D eigenvalue weighted by atomic mass is 35.5. The molecular formula is C26H27ClN2. The van der Waals surface area contributed by atoms with Gasteiger partial charge in [-0.2, -0.15) is 0 Å². The molecule has 1 heterocycles. The van der Waals surface area contributed by atoms with Gasteiger partial charge in [0.05, 0.1) is 6.04 Å². The molecule has 0 unspecified atom stereocenters. The van der Waals surface area contributed by atoms with Crippen LogP contribution in [0.15, 0.2) is 59.6 Å². The molecule has 0 radical (unpaired) electrons. The van der Waals surface area contributed by atoms with Crippen LogP contribution in [0.4, 0.5) is 0 Å². The maximum absolute atomic E-state index is 6.70. The molecule has 3 heteroatoms. The Kier molecular flexibility index (Phi) is 5.05. The zero-order chi connectivity index (χ0) is 19.8. The molecule has 148 valence electrons. The van der Waals surface area contributed by atoms with E-state index >= 15 is 0 Å². The van der Waals surface area contributed by atoms with E-state index in [4.69, 9.17) is 16.6 Å². The molecule has 1 saturated carbocycles. The van der Waals surface area contributed by atoms with E-state index in [1.54, 1.807) is 0 Å². The third-order valence-electron chi connectivity index (χ3n) is 6.62. The highest BCUT2D eigenvalue weighted by Crippen LogP contribution is 2.30. The van der Waals surface area contributed by atoms with Gasteiger partial charge in [-0.1, -0.05) is 73.0 Å². The standard InChI is InChI=1S/C26H27ClN2/c1-17-13-14-18-7-2-3-8-20(18)19(17)15-16-21-22(9-6-10-23(21)27)26-28-24-11-4-5-12-25(24)29-26/h2-3,6-10,13-14,24-25H,4-5,11-12,15-16H2,1H3,(H,28,29)/t24-,25-/m1/s1. The molecule has 29 heavy (non-hydrogen) atoms. The fourth-order valence-electron chi connectivity index (χ4n) is 5.02. The Labute approximate surface area is 178 Å². The van der Waals surface area contributed by atoms with E-state index in [9.17, 15) is 0 Å². The second kappa shape index (κ2) is 7.84. The summed E-state index contributed by atoms with van der Waals surface area (Å²) in [5.41, 5.74) is 5.17. The van der Waals surface area contributed by atoms with Gasteiger partial charge in [0.15, 0.2) is 0 Å². The molecule has 3 aromatic carbocycles. The number of aliphatic imine (C=N–C) groups is 1. The van der Waals surface area contributed by atoms with Crippen molar-refractivity contribution in [2.24, 2.45) is 4.99 Å². The lowest BCUT2D eigenvalue weighted by molar-refractivity contribution is 0.385. The van der Waals surface area contributed by atoms with Crippen LogP contribution in [0, 0.1) is 6.92 Å². The number of fused-ring (bicyclic) bond motifs is 2. The number of halogens is 1. The van der Waals surface area contributed by atoms with Gasteiger partial charge in [0, 0.05) is 16.6 Å². The Morgan fingerprint density at radius 3 is 2.66 bits per heavy atom. The number of nitrogens with one attached hydrogen (secondary N) is 1. The second-order valence-electron chi connectivity index (χ2n) is 8.43. The van der Waals surface area contributed by atoms with Gasteiger partial charge in [0.1, 0.15) is 5.84 Å². The molecule has 5 rings (SSSR count). The van der Waals surface area contributed by atoms with Gasteiger partial charge < -0.3 is 5.32 Å². The van der Waals surface area contributed by atoms with Gasteiger partial charge in [0.2, 0.25) is 0 Å². The Hall–Kier alpha value is -2.32. The number of amidine groups is 1. The van der Waals surface area contributed by atoms with Crippen molar-refractivity contribution in [3.63, 3.8) is 0 Å². The summed E-state index contributed by atoms with van der Waals surface area (Å²) in [7, 11) is 0. The van der Waals surface area contributed by atoms with Gasteiger partial charge in [-0.3, -0.25) is 4.99 Å². The number of rotatable bonds is 4. The molecule has 0 bridgehead atoms. The Morgan fingerprint density at radius 1 is 0.931 bits per heavy atom.